The van der Waals surface area contributed by atoms with Crippen molar-refractivity contribution in [2.75, 3.05) is 0 Å². The molecule has 0 aliphatic heterocycles. The standard InChI is InChI=1S/C42H37B/c1-27-22-29(3)41(30(4)23-27)43(39-26-34(21-20-28(39)2)32-14-8-6-9-15-32)42-31(5)24-37(33-16-10-7-11-17-33)40-36-19-13-12-18-35(36)25-38(40)42/h6-24,26H,25H2,1-5H3. The molecule has 0 N–H and O–H groups in total. The molecule has 6 aromatic carbocycles. The summed E-state index contributed by atoms with van der Waals surface area (Å²) in [5.74, 6) is 0. The number of hydrogen-bond acceptors (Lipinski definition) is 0. The highest BCUT2D eigenvalue weighted by Gasteiger charge is 2.35. The van der Waals surface area contributed by atoms with Gasteiger partial charge in [-0.05, 0) is 85.5 Å². The van der Waals surface area contributed by atoms with Crippen molar-refractivity contribution in [3.05, 3.63) is 160 Å². The molecule has 0 aromatic heterocycles. The maximum atomic E-state index is 2.47. The van der Waals surface area contributed by atoms with Gasteiger partial charge in [0.15, 0.2) is 0 Å². The molecule has 0 unspecified atom stereocenters. The van der Waals surface area contributed by atoms with Gasteiger partial charge in [0.2, 0.25) is 6.71 Å². The third-order valence-electron chi connectivity index (χ3n) is 9.43. The lowest BCUT2D eigenvalue weighted by molar-refractivity contribution is 1.27. The Bertz CT molecular complexity index is 1960. The van der Waals surface area contributed by atoms with Gasteiger partial charge in [0.05, 0.1) is 0 Å². The lowest BCUT2D eigenvalue weighted by Crippen LogP contribution is -2.57. The van der Waals surface area contributed by atoms with Crippen LogP contribution in [0.2, 0.25) is 0 Å². The molecule has 7 rings (SSSR count). The third-order valence-corrected chi connectivity index (χ3v) is 9.43. The molecule has 1 aliphatic carbocycles. The first-order valence-corrected chi connectivity index (χ1v) is 15.4. The van der Waals surface area contributed by atoms with Crippen molar-refractivity contribution in [2.24, 2.45) is 0 Å². The Hall–Kier alpha value is -4.62. The largest absolute Gasteiger partial charge is 0.242 e. The fourth-order valence-electron chi connectivity index (χ4n) is 7.61. The van der Waals surface area contributed by atoms with E-state index in [0.29, 0.717) is 0 Å². The number of benzene rings is 6. The summed E-state index contributed by atoms with van der Waals surface area (Å²) in [7, 11) is 0. The first kappa shape index (κ1) is 27.2. The van der Waals surface area contributed by atoms with E-state index in [0.717, 1.165) is 6.42 Å². The molecule has 0 bridgehead atoms. The van der Waals surface area contributed by atoms with Crippen molar-refractivity contribution in [1.29, 1.82) is 0 Å². The first-order chi connectivity index (χ1) is 20.9. The molecule has 0 saturated carbocycles. The summed E-state index contributed by atoms with van der Waals surface area (Å²) in [4.78, 5) is 0. The van der Waals surface area contributed by atoms with Gasteiger partial charge >= 0.3 is 0 Å². The fraction of sp³-hybridized carbons (Fsp3) is 0.143. The highest BCUT2D eigenvalue weighted by atomic mass is 14.3. The predicted molar refractivity (Wildman–Crippen MR) is 187 cm³/mol. The molecule has 43 heavy (non-hydrogen) atoms. The van der Waals surface area contributed by atoms with Crippen molar-refractivity contribution in [3.63, 3.8) is 0 Å². The molecular formula is C42H37B. The summed E-state index contributed by atoms with van der Waals surface area (Å²) in [5, 5.41) is 0. The van der Waals surface area contributed by atoms with E-state index in [1.165, 1.54) is 88.7 Å². The smallest absolute Gasteiger partial charge is 0.0651 e. The number of fused-ring (bicyclic) bond motifs is 3. The average Bonchev–Trinajstić information content (AvgIpc) is 3.40. The molecule has 0 saturated heterocycles. The van der Waals surface area contributed by atoms with Crippen LogP contribution in [0.25, 0.3) is 33.4 Å². The molecule has 0 heterocycles. The highest BCUT2D eigenvalue weighted by Crippen LogP contribution is 2.43. The highest BCUT2D eigenvalue weighted by molar-refractivity contribution is 6.97. The fourth-order valence-corrected chi connectivity index (χ4v) is 7.61. The zero-order valence-electron chi connectivity index (χ0n) is 25.8. The molecule has 0 nitrogen and oxygen atoms in total. The Labute approximate surface area is 257 Å². The number of aryl methyl sites for hydroxylation is 5. The Morgan fingerprint density at radius 1 is 0.465 bits per heavy atom. The summed E-state index contributed by atoms with van der Waals surface area (Å²) in [5.41, 5.74) is 21.9. The summed E-state index contributed by atoms with van der Waals surface area (Å²) >= 11 is 0. The van der Waals surface area contributed by atoms with Gasteiger partial charge in [-0.2, -0.15) is 0 Å². The molecule has 0 atom stereocenters. The molecule has 0 amide bonds. The van der Waals surface area contributed by atoms with E-state index in [1.807, 2.05) is 0 Å². The Morgan fingerprint density at radius 3 is 1.77 bits per heavy atom. The van der Waals surface area contributed by atoms with Gasteiger partial charge in [0, 0.05) is 0 Å². The zero-order valence-corrected chi connectivity index (χ0v) is 25.8. The van der Waals surface area contributed by atoms with E-state index in [4.69, 9.17) is 0 Å². The number of hydrogen-bond donors (Lipinski definition) is 0. The van der Waals surface area contributed by atoms with Crippen molar-refractivity contribution < 1.29 is 0 Å². The molecule has 0 radical (unpaired) electrons. The van der Waals surface area contributed by atoms with Gasteiger partial charge in [-0.1, -0.05) is 166 Å². The van der Waals surface area contributed by atoms with Crippen LogP contribution in [0.5, 0.6) is 0 Å². The van der Waals surface area contributed by atoms with Crippen LogP contribution in [0.4, 0.5) is 0 Å². The minimum absolute atomic E-state index is 0.122. The molecule has 0 spiro atoms. The minimum atomic E-state index is 0.122. The molecule has 208 valence electrons. The second kappa shape index (κ2) is 10.9. The average molecular weight is 553 g/mol. The Kier molecular flexibility index (Phi) is 6.90. The van der Waals surface area contributed by atoms with Crippen molar-refractivity contribution in [3.8, 4) is 33.4 Å². The van der Waals surface area contributed by atoms with Crippen LogP contribution < -0.4 is 16.4 Å². The van der Waals surface area contributed by atoms with Gasteiger partial charge in [-0.15, -0.1) is 0 Å². The summed E-state index contributed by atoms with van der Waals surface area (Å²) in [6.45, 7) is 11.6. The van der Waals surface area contributed by atoms with E-state index < -0.39 is 0 Å². The maximum absolute atomic E-state index is 2.47. The van der Waals surface area contributed by atoms with Gasteiger partial charge in [0.25, 0.3) is 0 Å². The molecule has 0 fully saturated rings. The predicted octanol–water partition coefficient (Wildman–Crippen LogP) is 8.65. The van der Waals surface area contributed by atoms with Crippen LogP contribution in [-0.4, -0.2) is 6.71 Å². The van der Waals surface area contributed by atoms with Crippen LogP contribution >= 0.6 is 0 Å². The van der Waals surface area contributed by atoms with Crippen molar-refractivity contribution in [2.45, 2.75) is 41.0 Å². The van der Waals surface area contributed by atoms with Crippen LogP contribution in [-0.2, 0) is 6.42 Å². The SMILES string of the molecule is Cc1cc(C)c(B(c2cc(-c3ccccc3)ccc2C)c2c(C)cc(-c3ccccc3)c3c2Cc2ccccc2-3)c(C)c1. The van der Waals surface area contributed by atoms with Crippen molar-refractivity contribution in [1.82, 2.24) is 0 Å². The van der Waals surface area contributed by atoms with E-state index in [1.54, 1.807) is 0 Å². The first-order valence-electron chi connectivity index (χ1n) is 15.4. The van der Waals surface area contributed by atoms with Gasteiger partial charge < -0.3 is 0 Å². The monoisotopic (exact) mass is 552 g/mol. The van der Waals surface area contributed by atoms with E-state index in [2.05, 4.69) is 156 Å². The van der Waals surface area contributed by atoms with E-state index in [9.17, 15) is 0 Å². The second-order valence-corrected chi connectivity index (χ2v) is 12.4. The Balaban J connectivity index is 1.57. The third kappa shape index (κ3) is 4.74. The Morgan fingerprint density at radius 2 is 1.07 bits per heavy atom. The van der Waals surface area contributed by atoms with Gasteiger partial charge in [-0.25, -0.2) is 0 Å². The van der Waals surface area contributed by atoms with Crippen LogP contribution in [0.15, 0.2) is 121 Å². The minimum Gasteiger partial charge on any atom is -0.0651 e. The topological polar surface area (TPSA) is 0 Å². The van der Waals surface area contributed by atoms with Crippen LogP contribution in [0, 0.1) is 34.6 Å². The number of rotatable bonds is 5. The van der Waals surface area contributed by atoms with Gasteiger partial charge in [0.1, 0.15) is 0 Å². The van der Waals surface area contributed by atoms with Crippen molar-refractivity contribution >= 4 is 23.1 Å². The molecular weight excluding hydrogens is 515 g/mol. The van der Waals surface area contributed by atoms with E-state index in [-0.39, 0.29) is 6.71 Å². The second-order valence-electron chi connectivity index (χ2n) is 12.4. The molecule has 1 aliphatic rings. The molecule has 1 heteroatoms. The normalized spacial score (nSPS) is 11.7. The summed E-state index contributed by atoms with van der Waals surface area (Å²) in [6.07, 6.45) is 0.959. The van der Waals surface area contributed by atoms with Gasteiger partial charge in [-0.3, -0.25) is 0 Å². The molecule has 6 aromatic rings. The lowest BCUT2D eigenvalue weighted by atomic mass is 9.33. The van der Waals surface area contributed by atoms with E-state index >= 15 is 0 Å². The van der Waals surface area contributed by atoms with Crippen LogP contribution in [0.1, 0.15) is 38.9 Å². The summed E-state index contributed by atoms with van der Waals surface area (Å²) < 4.78 is 0. The lowest BCUT2D eigenvalue weighted by Gasteiger charge is -2.27. The quantitative estimate of drug-likeness (QED) is 0.188. The maximum Gasteiger partial charge on any atom is 0.242 e. The summed E-state index contributed by atoms with van der Waals surface area (Å²) in [6, 6.07) is 45.1. The van der Waals surface area contributed by atoms with Crippen LogP contribution in [0.3, 0.4) is 0 Å². The zero-order chi connectivity index (χ0) is 29.7.